The van der Waals surface area contributed by atoms with Crippen molar-refractivity contribution in [1.29, 1.82) is 5.26 Å². The third-order valence-corrected chi connectivity index (χ3v) is 3.98. The van der Waals surface area contributed by atoms with Crippen molar-refractivity contribution >= 4 is 18.1 Å². The average Bonchev–Trinajstić information content (AvgIpc) is 3.07. The molecule has 27 heavy (non-hydrogen) atoms. The number of carbonyl (C=O) groups is 1. The van der Waals surface area contributed by atoms with Crippen LogP contribution in [0.5, 0.6) is 5.75 Å². The van der Waals surface area contributed by atoms with Gasteiger partial charge in [0.25, 0.3) is 0 Å². The van der Waals surface area contributed by atoms with Crippen molar-refractivity contribution < 1.29 is 14.3 Å². The number of ether oxygens (including phenoxy) is 2. The molecule has 2 rings (SSSR count). The van der Waals surface area contributed by atoms with Crippen LogP contribution in [-0.2, 0) is 4.74 Å². The lowest BCUT2D eigenvalue weighted by atomic mass is 10.0. The van der Waals surface area contributed by atoms with Crippen molar-refractivity contribution in [3.8, 4) is 11.8 Å². The summed E-state index contributed by atoms with van der Waals surface area (Å²) in [7, 11) is 5.25. The van der Waals surface area contributed by atoms with Crippen LogP contribution in [0.25, 0.3) is 0 Å². The number of pyridine rings is 1. The number of carbonyl (C=O) groups excluding carboxylic acids is 1. The number of hydrogen-bond acceptors (Lipinski definition) is 6. The Morgan fingerprint density at radius 1 is 1.48 bits per heavy atom. The van der Waals surface area contributed by atoms with Crippen molar-refractivity contribution in [2.75, 3.05) is 34.3 Å². The number of amides is 1. The molecule has 0 radical (unpaired) electrons. The quantitative estimate of drug-likeness (QED) is 0.595. The molecular weight excluding hydrogens is 346 g/mol. The fraction of sp³-hybridized carbons (Fsp3) is 0.579. The van der Waals surface area contributed by atoms with E-state index < -0.39 is 5.60 Å². The Hall–Kier alpha value is -2.82. The molecule has 0 aromatic carbocycles. The van der Waals surface area contributed by atoms with Crippen LogP contribution < -0.4 is 4.74 Å². The van der Waals surface area contributed by atoms with Gasteiger partial charge >= 0.3 is 6.09 Å². The van der Waals surface area contributed by atoms with Crippen LogP contribution in [0, 0.1) is 11.3 Å². The van der Waals surface area contributed by atoms with Gasteiger partial charge in [0.1, 0.15) is 23.1 Å². The first kappa shape index (κ1) is 20.5. The molecule has 8 nitrogen and oxygen atoms in total. The summed E-state index contributed by atoms with van der Waals surface area (Å²) < 4.78 is 10.9. The minimum Gasteiger partial charge on any atom is -0.495 e. The van der Waals surface area contributed by atoms with Crippen molar-refractivity contribution in [3.63, 3.8) is 0 Å². The van der Waals surface area contributed by atoms with Gasteiger partial charge in [0.15, 0.2) is 5.69 Å². The Kier molecular flexibility index (Phi) is 6.26. The number of hydrogen-bond donors (Lipinski definition) is 0. The van der Waals surface area contributed by atoms with E-state index >= 15 is 0 Å². The average molecular weight is 373 g/mol. The van der Waals surface area contributed by atoms with E-state index in [1.807, 2.05) is 34.9 Å². The van der Waals surface area contributed by atoms with Crippen molar-refractivity contribution in [3.05, 3.63) is 17.5 Å². The van der Waals surface area contributed by atoms with Crippen LogP contribution in [0.1, 0.15) is 44.5 Å². The minimum absolute atomic E-state index is 0.0218. The lowest BCUT2D eigenvalue weighted by Gasteiger charge is -2.24. The number of aliphatic imine (C=N–C) groups is 1. The van der Waals surface area contributed by atoms with Crippen LogP contribution >= 0.6 is 0 Å². The molecule has 1 fully saturated rings. The SMILES string of the molecule is COc1cc(N=CN(C)C)c(C#N)nc1C1CCN(C(=O)OC(C)(C)C)C1. The van der Waals surface area contributed by atoms with E-state index in [0.29, 0.717) is 30.2 Å². The Morgan fingerprint density at radius 2 is 2.19 bits per heavy atom. The highest BCUT2D eigenvalue weighted by molar-refractivity contribution is 5.69. The zero-order valence-corrected chi connectivity index (χ0v) is 16.8. The Bertz CT molecular complexity index is 762. The van der Waals surface area contributed by atoms with Gasteiger partial charge in [-0.25, -0.2) is 14.8 Å². The van der Waals surface area contributed by atoms with Crippen molar-refractivity contribution in [2.45, 2.75) is 38.7 Å². The molecule has 2 heterocycles. The van der Waals surface area contributed by atoms with E-state index in [-0.39, 0.29) is 17.7 Å². The molecule has 0 spiro atoms. The summed E-state index contributed by atoms with van der Waals surface area (Å²) in [5.41, 5.74) is 0.822. The second-order valence-corrected chi connectivity index (χ2v) is 7.68. The lowest BCUT2D eigenvalue weighted by Crippen LogP contribution is -2.35. The van der Waals surface area contributed by atoms with Gasteiger partial charge in [-0.15, -0.1) is 0 Å². The van der Waals surface area contributed by atoms with Crippen molar-refractivity contribution in [1.82, 2.24) is 14.8 Å². The summed E-state index contributed by atoms with van der Waals surface area (Å²) >= 11 is 0. The molecule has 0 aliphatic carbocycles. The summed E-state index contributed by atoms with van der Waals surface area (Å²) in [4.78, 5) is 24.5. The van der Waals surface area contributed by atoms with E-state index in [1.54, 1.807) is 29.3 Å². The molecular formula is C19H27N5O3. The summed E-state index contributed by atoms with van der Waals surface area (Å²) in [6, 6.07) is 3.81. The first-order valence-corrected chi connectivity index (χ1v) is 8.82. The summed E-state index contributed by atoms with van der Waals surface area (Å²) in [6.07, 6.45) is 2.00. The second-order valence-electron chi connectivity index (χ2n) is 7.68. The predicted molar refractivity (Wildman–Crippen MR) is 103 cm³/mol. The molecule has 1 amide bonds. The highest BCUT2D eigenvalue weighted by Crippen LogP contribution is 2.36. The molecule has 0 bridgehead atoms. The number of rotatable bonds is 4. The lowest BCUT2D eigenvalue weighted by molar-refractivity contribution is 0.0292. The van der Waals surface area contributed by atoms with Crippen molar-refractivity contribution in [2.24, 2.45) is 4.99 Å². The fourth-order valence-electron chi connectivity index (χ4n) is 2.79. The number of likely N-dealkylation sites (tertiary alicyclic amines) is 1. The zero-order valence-electron chi connectivity index (χ0n) is 16.8. The number of aromatic nitrogens is 1. The maximum absolute atomic E-state index is 12.3. The molecule has 1 aliphatic heterocycles. The third kappa shape index (κ3) is 5.33. The van der Waals surface area contributed by atoms with Gasteiger partial charge in [0, 0.05) is 39.2 Å². The molecule has 1 saturated heterocycles. The molecule has 0 saturated carbocycles. The monoisotopic (exact) mass is 373 g/mol. The fourth-order valence-corrected chi connectivity index (χ4v) is 2.79. The molecule has 1 aromatic heterocycles. The molecule has 8 heteroatoms. The molecule has 1 atom stereocenters. The van der Waals surface area contributed by atoms with Crippen LogP contribution in [0.4, 0.5) is 10.5 Å². The first-order valence-electron chi connectivity index (χ1n) is 8.82. The highest BCUT2D eigenvalue weighted by Gasteiger charge is 2.33. The van der Waals surface area contributed by atoms with E-state index in [9.17, 15) is 10.1 Å². The summed E-state index contributed by atoms with van der Waals surface area (Å²) in [5, 5.41) is 9.46. The van der Waals surface area contributed by atoms with E-state index in [2.05, 4.69) is 16.0 Å². The molecule has 1 aliphatic rings. The van der Waals surface area contributed by atoms with Gasteiger partial charge in [-0.05, 0) is 27.2 Å². The number of nitriles is 1. The standard InChI is InChI=1S/C19H27N5O3/c1-19(2,3)27-18(25)24-8-7-13(11-24)17-16(26-6)9-14(15(10-20)22-17)21-12-23(4)5/h9,12-13H,7-8,11H2,1-6H3. The Morgan fingerprint density at radius 3 is 2.74 bits per heavy atom. The van der Waals surface area contributed by atoms with Crippen LogP contribution in [0.2, 0.25) is 0 Å². The van der Waals surface area contributed by atoms with Gasteiger partial charge in [-0.3, -0.25) is 0 Å². The summed E-state index contributed by atoms with van der Waals surface area (Å²) in [5.74, 6) is 0.544. The highest BCUT2D eigenvalue weighted by atomic mass is 16.6. The molecule has 1 aromatic rings. The van der Waals surface area contributed by atoms with Crippen LogP contribution in [0.3, 0.4) is 0 Å². The van der Waals surface area contributed by atoms with Gasteiger partial charge < -0.3 is 19.3 Å². The van der Waals surface area contributed by atoms with Gasteiger partial charge in [-0.1, -0.05) is 0 Å². The van der Waals surface area contributed by atoms with E-state index in [0.717, 1.165) is 6.42 Å². The van der Waals surface area contributed by atoms with Gasteiger partial charge in [0.2, 0.25) is 0 Å². The third-order valence-electron chi connectivity index (χ3n) is 3.98. The maximum Gasteiger partial charge on any atom is 0.410 e. The zero-order chi connectivity index (χ0) is 20.2. The second kappa shape index (κ2) is 8.25. The minimum atomic E-state index is -0.537. The Balaban J connectivity index is 2.26. The van der Waals surface area contributed by atoms with E-state index in [4.69, 9.17) is 9.47 Å². The predicted octanol–water partition coefficient (Wildman–Crippen LogP) is 2.91. The molecule has 0 N–H and O–H groups in total. The largest absolute Gasteiger partial charge is 0.495 e. The first-order chi connectivity index (χ1) is 12.6. The van der Waals surface area contributed by atoms with Gasteiger partial charge in [-0.2, -0.15) is 5.26 Å². The number of nitrogens with zero attached hydrogens (tertiary/aromatic N) is 5. The maximum atomic E-state index is 12.3. The summed E-state index contributed by atoms with van der Waals surface area (Å²) in [6.45, 7) is 6.58. The van der Waals surface area contributed by atoms with Crippen LogP contribution in [-0.4, -0.2) is 67.1 Å². The van der Waals surface area contributed by atoms with E-state index in [1.165, 1.54) is 0 Å². The Labute approximate surface area is 160 Å². The van der Waals surface area contributed by atoms with Gasteiger partial charge in [0.05, 0.1) is 19.1 Å². The normalized spacial score (nSPS) is 17.1. The number of methoxy groups -OCH3 is 1. The topological polar surface area (TPSA) is 91.0 Å². The molecule has 146 valence electrons. The smallest absolute Gasteiger partial charge is 0.410 e. The molecule has 1 unspecified atom stereocenters. The van der Waals surface area contributed by atoms with Crippen LogP contribution in [0.15, 0.2) is 11.1 Å².